The van der Waals surface area contributed by atoms with Gasteiger partial charge in [0.25, 0.3) is 0 Å². The topological polar surface area (TPSA) is 75.4 Å². The third-order valence-corrected chi connectivity index (χ3v) is 5.32. The second kappa shape index (κ2) is 5.55. The Morgan fingerprint density at radius 2 is 2.24 bits per heavy atom. The van der Waals surface area contributed by atoms with Crippen LogP contribution >= 0.6 is 11.8 Å². The third kappa shape index (κ3) is 2.83. The van der Waals surface area contributed by atoms with Crippen molar-refractivity contribution in [1.29, 1.82) is 0 Å². The van der Waals surface area contributed by atoms with Crippen LogP contribution in [0.4, 0.5) is 0 Å². The minimum atomic E-state index is -0.923. The van der Waals surface area contributed by atoms with Crippen LogP contribution in [0.15, 0.2) is 18.3 Å². The van der Waals surface area contributed by atoms with E-state index in [4.69, 9.17) is 0 Å². The standard InChI is InChI=1S/C14H17N3O3S/c1-16-10(6-7-15-16)4-5-12(18)17-11(14(19)20)8-21-13(17)9-2-3-9/h4-7,9,11,13H,2-3,8H2,1H3,(H,19,20). The van der Waals surface area contributed by atoms with Crippen LogP contribution in [-0.4, -0.2) is 48.8 Å². The molecule has 2 atom stereocenters. The monoisotopic (exact) mass is 307 g/mol. The van der Waals surface area contributed by atoms with Gasteiger partial charge in [-0.05, 0) is 30.9 Å². The van der Waals surface area contributed by atoms with Gasteiger partial charge in [0.15, 0.2) is 0 Å². The average Bonchev–Trinajstić information content (AvgIpc) is 3.06. The van der Waals surface area contributed by atoms with Gasteiger partial charge in [0.2, 0.25) is 5.91 Å². The summed E-state index contributed by atoms with van der Waals surface area (Å²) < 4.78 is 1.66. The van der Waals surface area contributed by atoms with Crippen LogP contribution in [0, 0.1) is 5.92 Å². The van der Waals surface area contributed by atoms with Crippen LogP contribution in [-0.2, 0) is 16.6 Å². The number of hydrogen-bond acceptors (Lipinski definition) is 4. The van der Waals surface area contributed by atoms with Gasteiger partial charge < -0.3 is 10.0 Å². The smallest absolute Gasteiger partial charge is 0.327 e. The third-order valence-electron chi connectivity index (χ3n) is 3.86. The summed E-state index contributed by atoms with van der Waals surface area (Å²) in [6, 6.07) is 1.08. The van der Waals surface area contributed by atoms with Crippen molar-refractivity contribution in [2.24, 2.45) is 13.0 Å². The van der Waals surface area contributed by atoms with Crippen molar-refractivity contribution in [1.82, 2.24) is 14.7 Å². The van der Waals surface area contributed by atoms with E-state index in [2.05, 4.69) is 5.10 Å². The fourth-order valence-corrected chi connectivity index (χ4v) is 4.17. The molecule has 2 aliphatic rings. The molecule has 2 heterocycles. The summed E-state index contributed by atoms with van der Waals surface area (Å²) in [6.07, 6.45) is 6.96. The van der Waals surface area contributed by atoms with Gasteiger partial charge in [-0.3, -0.25) is 9.48 Å². The predicted molar refractivity (Wildman–Crippen MR) is 79.5 cm³/mol. The number of rotatable bonds is 4. The lowest BCUT2D eigenvalue weighted by Crippen LogP contribution is -2.45. The number of carbonyl (C=O) groups excluding carboxylic acids is 1. The summed E-state index contributed by atoms with van der Waals surface area (Å²) in [4.78, 5) is 25.3. The zero-order valence-electron chi connectivity index (χ0n) is 11.7. The number of thioether (sulfide) groups is 1. The number of amides is 1. The molecular weight excluding hydrogens is 290 g/mol. The maximum absolute atomic E-state index is 12.4. The van der Waals surface area contributed by atoms with Crippen LogP contribution in [0.3, 0.4) is 0 Å². The largest absolute Gasteiger partial charge is 0.480 e. The number of carboxylic acids is 1. The maximum atomic E-state index is 12.4. The highest BCUT2D eigenvalue weighted by Gasteiger charge is 2.47. The van der Waals surface area contributed by atoms with E-state index in [1.807, 2.05) is 0 Å². The van der Waals surface area contributed by atoms with Crippen molar-refractivity contribution < 1.29 is 14.7 Å². The molecule has 1 saturated carbocycles. The van der Waals surface area contributed by atoms with E-state index < -0.39 is 12.0 Å². The molecule has 1 saturated heterocycles. The molecule has 6 nitrogen and oxygen atoms in total. The minimum absolute atomic E-state index is 0.00906. The number of aliphatic carboxylic acids is 1. The molecular formula is C14H17N3O3S. The zero-order chi connectivity index (χ0) is 15.0. The highest BCUT2D eigenvalue weighted by molar-refractivity contribution is 8.00. The average molecular weight is 307 g/mol. The first-order valence-corrected chi connectivity index (χ1v) is 7.95. The molecule has 1 aromatic heterocycles. The van der Waals surface area contributed by atoms with Crippen LogP contribution in [0.2, 0.25) is 0 Å². The number of carbonyl (C=O) groups is 2. The number of carboxylic acid groups (broad SMARTS) is 1. The molecule has 0 bridgehead atoms. The minimum Gasteiger partial charge on any atom is -0.480 e. The Morgan fingerprint density at radius 3 is 2.81 bits per heavy atom. The molecule has 1 aliphatic carbocycles. The molecule has 2 unspecified atom stereocenters. The van der Waals surface area contributed by atoms with Gasteiger partial charge in [-0.15, -0.1) is 11.8 Å². The van der Waals surface area contributed by atoms with Crippen LogP contribution < -0.4 is 0 Å². The van der Waals surface area contributed by atoms with E-state index in [-0.39, 0.29) is 11.3 Å². The Labute approximate surface area is 126 Å². The van der Waals surface area contributed by atoms with Gasteiger partial charge in [-0.25, -0.2) is 4.79 Å². The molecule has 1 N–H and O–H groups in total. The van der Waals surface area contributed by atoms with E-state index >= 15 is 0 Å². The second-order valence-electron chi connectivity index (χ2n) is 5.37. The Balaban J connectivity index is 1.78. The van der Waals surface area contributed by atoms with E-state index in [1.54, 1.807) is 41.8 Å². The van der Waals surface area contributed by atoms with Crippen molar-refractivity contribution in [2.45, 2.75) is 24.3 Å². The summed E-state index contributed by atoms with van der Waals surface area (Å²) in [5.41, 5.74) is 0.810. The van der Waals surface area contributed by atoms with Crippen molar-refractivity contribution in [3.05, 3.63) is 24.0 Å². The van der Waals surface area contributed by atoms with Crippen molar-refractivity contribution in [2.75, 3.05) is 5.75 Å². The quantitative estimate of drug-likeness (QED) is 0.846. The van der Waals surface area contributed by atoms with E-state index in [9.17, 15) is 14.7 Å². The van der Waals surface area contributed by atoms with Gasteiger partial charge in [-0.1, -0.05) is 0 Å². The SMILES string of the molecule is Cn1nccc1C=CC(=O)N1C(C(=O)O)CSC1C1CC1. The summed E-state index contributed by atoms with van der Waals surface area (Å²) in [6.45, 7) is 0. The lowest BCUT2D eigenvalue weighted by molar-refractivity contribution is -0.147. The van der Waals surface area contributed by atoms with Crippen LogP contribution in [0.1, 0.15) is 18.5 Å². The fourth-order valence-electron chi connectivity index (χ4n) is 2.53. The Bertz CT molecular complexity index is 594. The molecule has 2 fully saturated rings. The molecule has 0 radical (unpaired) electrons. The molecule has 0 aromatic carbocycles. The van der Waals surface area contributed by atoms with E-state index in [0.29, 0.717) is 11.7 Å². The number of aromatic nitrogens is 2. The molecule has 1 aromatic rings. The molecule has 1 amide bonds. The molecule has 7 heteroatoms. The molecule has 112 valence electrons. The fraction of sp³-hybridized carbons (Fsp3) is 0.500. The van der Waals surface area contributed by atoms with Crippen molar-refractivity contribution >= 4 is 29.7 Å². The lowest BCUT2D eigenvalue weighted by Gasteiger charge is -2.26. The van der Waals surface area contributed by atoms with Gasteiger partial charge in [0.05, 0.1) is 11.1 Å². The van der Waals surface area contributed by atoms with Crippen molar-refractivity contribution in [3.8, 4) is 0 Å². The molecule has 1 aliphatic heterocycles. The van der Waals surface area contributed by atoms with Crippen LogP contribution in [0.5, 0.6) is 0 Å². The zero-order valence-corrected chi connectivity index (χ0v) is 12.5. The number of aryl methyl sites for hydroxylation is 1. The molecule has 21 heavy (non-hydrogen) atoms. The first-order chi connectivity index (χ1) is 10.1. The normalized spacial score (nSPS) is 25.7. The van der Waals surface area contributed by atoms with E-state index in [0.717, 1.165) is 18.5 Å². The summed E-state index contributed by atoms with van der Waals surface area (Å²) in [7, 11) is 1.79. The van der Waals surface area contributed by atoms with Gasteiger partial charge in [0, 0.05) is 25.1 Å². The van der Waals surface area contributed by atoms with Gasteiger partial charge in [0.1, 0.15) is 6.04 Å². The number of hydrogen-bond donors (Lipinski definition) is 1. The van der Waals surface area contributed by atoms with E-state index in [1.165, 1.54) is 11.0 Å². The Hall–Kier alpha value is -1.76. The Morgan fingerprint density at radius 1 is 1.48 bits per heavy atom. The highest BCUT2D eigenvalue weighted by atomic mass is 32.2. The first-order valence-electron chi connectivity index (χ1n) is 6.90. The first kappa shape index (κ1) is 14.2. The lowest BCUT2D eigenvalue weighted by atomic mass is 10.2. The number of nitrogens with zero attached hydrogens (tertiary/aromatic N) is 3. The summed E-state index contributed by atoms with van der Waals surface area (Å²) in [5.74, 6) is -0.228. The van der Waals surface area contributed by atoms with Crippen LogP contribution in [0.25, 0.3) is 6.08 Å². The summed E-state index contributed by atoms with van der Waals surface area (Å²) in [5, 5.41) is 13.3. The molecule has 0 spiro atoms. The molecule has 3 rings (SSSR count). The highest BCUT2D eigenvalue weighted by Crippen LogP contribution is 2.45. The van der Waals surface area contributed by atoms with Crippen molar-refractivity contribution in [3.63, 3.8) is 0 Å². The predicted octanol–water partition coefficient (Wildman–Crippen LogP) is 1.20. The maximum Gasteiger partial charge on any atom is 0.327 e. The Kier molecular flexibility index (Phi) is 3.75. The van der Waals surface area contributed by atoms with Gasteiger partial charge >= 0.3 is 5.97 Å². The summed E-state index contributed by atoms with van der Waals surface area (Å²) >= 11 is 1.59. The van der Waals surface area contributed by atoms with Gasteiger partial charge in [-0.2, -0.15) is 5.10 Å². The second-order valence-corrected chi connectivity index (χ2v) is 6.52.